The second-order valence-corrected chi connectivity index (χ2v) is 7.80. The zero-order chi connectivity index (χ0) is 23.4. The smallest absolute Gasteiger partial charge is 0.310 e. The van der Waals surface area contributed by atoms with Gasteiger partial charge in [0.2, 0.25) is 0 Å². The van der Waals surface area contributed by atoms with Gasteiger partial charge in [0.1, 0.15) is 0 Å². The molecule has 170 valence electrons. The van der Waals surface area contributed by atoms with Crippen LogP contribution in [0.15, 0.2) is 60.8 Å². The number of nitro groups is 1. The van der Waals surface area contributed by atoms with Gasteiger partial charge < -0.3 is 9.64 Å². The molecule has 33 heavy (non-hydrogen) atoms. The van der Waals surface area contributed by atoms with Gasteiger partial charge in [0, 0.05) is 30.8 Å². The highest BCUT2D eigenvalue weighted by Crippen LogP contribution is 2.30. The molecule has 1 amide bonds. The molecule has 0 saturated carbocycles. The Labute approximate surface area is 190 Å². The topological polar surface area (TPSA) is 108 Å². The molecule has 2 heterocycles. The van der Waals surface area contributed by atoms with Gasteiger partial charge in [0.15, 0.2) is 0 Å². The van der Waals surface area contributed by atoms with E-state index in [2.05, 4.69) is 5.10 Å². The minimum Gasteiger partial charge on any atom is -0.466 e. The number of benzene rings is 2. The van der Waals surface area contributed by atoms with Gasteiger partial charge in [-0.1, -0.05) is 30.3 Å². The van der Waals surface area contributed by atoms with Crippen molar-refractivity contribution >= 4 is 17.6 Å². The summed E-state index contributed by atoms with van der Waals surface area (Å²) in [6.45, 7) is 2.92. The first-order chi connectivity index (χ1) is 16.0. The molecule has 0 spiro atoms. The van der Waals surface area contributed by atoms with Gasteiger partial charge in [-0.25, -0.2) is 4.68 Å². The van der Waals surface area contributed by atoms with E-state index in [0.717, 1.165) is 5.56 Å². The van der Waals surface area contributed by atoms with Crippen LogP contribution in [-0.4, -0.2) is 51.2 Å². The third-order valence-electron chi connectivity index (χ3n) is 5.68. The van der Waals surface area contributed by atoms with Crippen LogP contribution in [0.25, 0.3) is 16.9 Å². The van der Waals surface area contributed by atoms with Crippen molar-refractivity contribution in [1.82, 2.24) is 14.7 Å². The molecule has 0 aliphatic carbocycles. The van der Waals surface area contributed by atoms with Gasteiger partial charge in [-0.2, -0.15) is 5.10 Å². The van der Waals surface area contributed by atoms with Crippen LogP contribution in [0.5, 0.6) is 0 Å². The Balaban J connectivity index is 1.70. The normalized spacial score (nSPS) is 15.8. The average Bonchev–Trinajstić information content (AvgIpc) is 3.29. The number of amides is 1. The molecule has 1 atom stereocenters. The Morgan fingerprint density at radius 2 is 1.88 bits per heavy atom. The number of hydrogen-bond donors (Lipinski definition) is 0. The maximum atomic E-state index is 13.5. The Morgan fingerprint density at radius 1 is 1.15 bits per heavy atom. The molecular weight excluding hydrogens is 424 g/mol. The summed E-state index contributed by atoms with van der Waals surface area (Å²) in [4.78, 5) is 38.0. The summed E-state index contributed by atoms with van der Waals surface area (Å²) >= 11 is 0. The summed E-state index contributed by atoms with van der Waals surface area (Å²) in [6.07, 6.45) is 2.92. The molecule has 0 bridgehead atoms. The van der Waals surface area contributed by atoms with Crippen LogP contribution in [0.4, 0.5) is 5.69 Å². The third kappa shape index (κ3) is 4.62. The van der Waals surface area contributed by atoms with Gasteiger partial charge in [0.25, 0.3) is 11.6 Å². The van der Waals surface area contributed by atoms with E-state index in [1.165, 1.54) is 18.3 Å². The molecule has 1 aromatic heterocycles. The van der Waals surface area contributed by atoms with Crippen molar-refractivity contribution in [2.75, 3.05) is 19.7 Å². The van der Waals surface area contributed by atoms with Crippen molar-refractivity contribution in [2.45, 2.75) is 19.8 Å². The zero-order valence-corrected chi connectivity index (χ0v) is 18.2. The summed E-state index contributed by atoms with van der Waals surface area (Å²) in [7, 11) is 0. The fraction of sp³-hybridized carbons (Fsp3) is 0.292. The Hall–Kier alpha value is -4.01. The van der Waals surface area contributed by atoms with E-state index >= 15 is 0 Å². The van der Waals surface area contributed by atoms with E-state index in [4.69, 9.17) is 4.74 Å². The number of esters is 1. The minimum atomic E-state index is -0.462. The molecule has 1 aliphatic heterocycles. The molecule has 0 unspecified atom stereocenters. The molecular formula is C24H24N4O5. The van der Waals surface area contributed by atoms with Crippen molar-refractivity contribution in [2.24, 2.45) is 5.92 Å². The number of piperidine rings is 1. The molecule has 1 fully saturated rings. The number of nitrogens with zero attached hydrogens (tertiary/aromatic N) is 4. The molecule has 2 aromatic carbocycles. The first-order valence-electron chi connectivity index (χ1n) is 10.8. The Bertz CT molecular complexity index is 1160. The first-order valence-corrected chi connectivity index (χ1v) is 10.8. The van der Waals surface area contributed by atoms with Gasteiger partial charge in [-0.05, 0) is 31.9 Å². The summed E-state index contributed by atoms with van der Waals surface area (Å²) < 4.78 is 6.77. The highest BCUT2D eigenvalue weighted by molar-refractivity contribution is 6.00. The number of nitro benzene ring substituents is 1. The van der Waals surface area contributed by atoms with E-state index < -0.39 is 4.92 Å². The number of rotatable bonds is 6. The fourth-order valence-corrected chi connectivity index (χ4v) is 4.07. The molecule has 0 radical (unpaired) electrons. The van der Waals surface area contributed by atoms with Gasteiger partial charge in [-0.15, -0.1) is 0 Å². The SMILES string of the molecule is CCOC(=O)[C@H]1CCCN(C(=O)c2cnn(-c3ccc([N+](=O)[O-])cc3)c2-c2ccccc2)C1. The molecule has 9 nitrogen and oxygen atoms in total. The number of likely N-dealkylation sites (tertiary alicyclic amines) is 1. The average molecular weight is 448 g/mol. The van der Waals surface area contributed by atoms with Crippen LogP contribution in [0.2, 0.25) is 0 Å². The third-order valence-corrected chi connectivity index (χ3v) is 5.68. The highest BCUT2D eigenvalue weighted by atomic mass is 16.6. The number of carbonyl (C=O) groups is 2. The number of aromatic nitrogens is 2. The molecule has 1 aliphatic rings. The van der Waals surface area contributed by atoms with Crippen LogP contribution >= 0.6 is 0 Å². The summed E-state index contributed by atoms with van der Waals surface area (Å²) in [5.74, 6) is -0.830. The van der Waals surface area contributed by atoms with Crippen molar-refractivity contribution in [3.05, 3.63) is 76.5 Å². The second-order valence-electron chi connectivity index (χ2n) is 7.80. The standard InChI is InChI=1S/C24H24N4O5/c1-2-33-24(30)18-9-6-14-26(16-18)23(29)21-15-25-27(22(21)17-7-4-3-5-8-17)19-10-12-20(13-11-19)28(31)32/h3-5,7-8,10-13,15,18H,2,6,9,14,16H2,1H3/t18-/m0/s1. The van der Waals surface area contributed by atoms with Gasteiger partial charge in [0.05, 0.1) is 40.6 Å². The largest absolute Gasteiger partial charge is 0.466 e. The molecule has 4 rings (SSSR count). The van der Waals surface area contributed by atoms with Crippen LogP contribution in [-0.2, 0) is 9.53 Å². The number of non-ortho nitro benzene ring substituents is 1. The van der Waals surface area contributed by atoms with Crippen LogP contribution < -0.4 is 0 Å². The molecule has 3 aromatic rings. The summed E-state index contributed by atoms with van der Waals surface area (Å²) in [5, 5.41) is 15.5. The predicted molar refractivity (Wildman–Crippen MR) is 121 cm³/mol. The molecule has 9 heteroatoms. The highest BCUT2D eigenvalue weighted by Gasteiger charge is 2.32. The number of ether oxygens (including phenoxy) is 1. The van der Waals surface area contributed by atoms with Crippen molar-refractivity contribution in [3.8, 4) is 16.9 Å². The fourth-order valence-electron chi connectivity index (χ4n) is 4.07. The Kier molecular flexibility index (Phi) is 6.48. The lowest BCUT2D eigenvalue weighted by atomic mass is 9.97. The van der Waals surface area contributed by atoms with Crippen molar-refractivity contribution < 1.29 is 19.2 Å². The lowest BCUT2D eigenvalue weighted by molar-refractivity contribution is -0.384. The molecule has 1 saturated heterocycles. The zero-order valence-electron chi connectivity index (χ0n) is 18.2. The lowest BCUT2D eigenvalue weighted by Crippen LogP contribution is -2.42. The van der Waals surface area contributed by atoms with Crippen molar-refractivity contribution in [3.63, 3.8) is 0 Å². The lowest BCUT2D eigenvalue weighted by Gasteiger charge is -2.31. The number of hydrogen-bond acceptors (Lipinski definition) is 6. The van der Waals surface area contributed by atoms with Crippen molar-refractivity contribution in [1.29, 1.82) is 0 Å². The van der Waals surface area contributed by atoms with E-state index in [9.17, 15) is 19.7 Å². The quantitative estimate of drug-likeness (QED) is 0.322. The summed E-state index contributed by atoms with van der Waals surface area (Å²) in [5.41, 5.74) is 2.36. The van der Waals surface area contributed by atoms with E-state index in [0.29, 0.717) is 49.5 Å². The van der Waals surface area contributed by atoms with E-state index in [-0.39, 0.29) is 23.5 Å². The maximum Gasteiger partial charge on any atom is 0.310 e. The van der Waals surface area contributed by atoms with Gasteiger partial charge in [-0.3, -0.25) is 19.7 Å². The van der Waals surface area contributed by atoms with Crippen LogP contribution in [0, 0.1) is 16.0 Å². The predicted octanol–water partition coefficient (Wildman–Crippen LogP) is 3.86. The number of carbonyl (C=O) groups excluding carboxylic acids is 2. The summed E-state index contributed by atoms with van der Waals surface area (Å²) in [6, 6.07) is 15.4. The maximum absolute atomic E-state index is 13.5. The van der Waals surface area contributed by atoms with Gasteiger partial charge >= 0.3 is 5.97 Å². The second kappa shape index (κ2) is 9.64. The molecule has 0 N–H and O–H groups in total. The van der Waals surface area contributed by atoms with Crippen LogP contribution in [0.3, 0.4) is 0 Å². The monoisotopic (exact) mass is 448 g/mol. The van der Waals surface area contributed by atoms with E-state index in [1.807, 2.05) is 30.3 Å². The minimum absolute atomic E-state index is 0.0261. The first kappa shape index (κ1) is 22.2. The Morgan fingerprint density at radius 3 is 2.55 bits per heavy atom. The van der Waals surface area contributed by atoms with E-state index in [1.54, 1.807) is 28.6 Å². The van der Waals surface area contributed by atoms with Crippen LogP contribution in [0.1, 0.15) is 30.1 Å².